The molecular formula is C14H14N6O3. The second-order valence-corrected chi connectivity index (χ2v) is 4.66. The fraction of sp³-hybridized carbons (Fsp3) is 0.214. The first-order valence-corrected chi connectivity index (χ1v) is 6.76. The van der Waals surface area contributed by atoms with Crippen LogP contribution >= 0.6 is 0 Å². The first-order chi connectivity index (χ1) is 11.2. The lowest BCUT2D eigenvalue weighted by molar-refractivity contribution is 0.0942. The number of aromatic nitrogens is 5. The second-order valence-electron chi connectivity index (χ2n) is 4.66. The first kappa shape index (κ1) is 14.7. The van der Waals surface area contributed by atoms with E-state index in [1.54, 1.807) is 42.5 Å². The molecule has 0 spiro atoms. The maximum absolute atomic E-state index is 12.1. The molecule has 3 heterocycles. The van der Waals surface area contributed by atoms with E-state index in [1.807, 2.05) is 0 Å². The highest BCUT2D eigenvalue weighted by Gasteiger charge is 2.15. The van der Waals surface area contributed by atoms with Gasteiger partial charge in [0.2, 0.25) is 17.6 Å². The Kier molecular flexibility index (Phi) is 4.00. The molecule has 0 bridgehead atoms. The van der Waals surface area contributed by atoms with Crippen molar-refractivity contribution in [3.63, 3.8) is 0 Å². The molecule has 0 fully saturated rings. The molecule has 0 aromatic carbocycles. The van der Waals surface area contributed by atoms with E-state index in [9.17, 15) is 4.79 Å². The summed E-state index contributed by atoms with van der Waals surface area (Å²) in [6.07, 6.45) is 4.95. The van der Waals surface area contributed by atoms with Crippen LogP contribution in [0.1, 0.15) is 16.2 Å². The van der Waals surface area contributed by atoms with Gasteiger partial charge in [-0.1, -0.05) is 5.16 Å². The molecule has 3 rings (SSSR count). The fourth-order valence-electron chi connectivity index (χ4n) is 1.96. The summed E-state index contributed by atoms with van der Waals surface area (Å²) in [6, 6.07) is 3.28. The lowest BCUT2D eigenvalue weighted by Gasteiger charge is -2.06. The Labute approximate surface area is 131 Å². The topological polar surface area (TPSA) is 108 Å². The van der Waals surface area contributed by atoms with Gasteiger partial charge in [0.05, 0.1) is 25.4 Å². The summed E-state index contributed by atoms with van der Waals surface area (Å²) in [4.78, 5) is 20.3. The number of nitrogens with one attached hydrogen (secondary N) is 1. The quantitative estimate of drug-likeness (QED) is 0.742. The Bertz CT molecular complexity index is 825. The third kappa shape index (κ3) is 3.18. The summed E-state index contributed by atoms with van der Waals surface area (Å²) in [6.45, 7) is 0.101. The molecule has 9 nitrogen and oxygen atoms in total. The number of nitrogens with zero attached hydrogens (tertiary/aromatic N) is 5. The number of ether oxygens (including phenoxy) is 1. The number of pyridine rings is 1. The van der Waals surface area contributed by atoms with Crippen molar-refractivity contribution in [2.75, 3.05) is 7.11 Å². The van der Waals surface area contributed by atoms with E-state index in [1.165, 1.54) is 7.11 Å². The largest absolute Gasteiger partial charge is 0.480 e. The van der Waals surface area contributed by atoms with Crippen LogP contribution in [0.2, 0.25) is 0 Å². The van der Waals surface area contributed by atoms with E-state index in [-0.39, 0.29) is 18.3 Å². The molecule has 118 valence electrons. The van der Waals surface area contributed by atoms with Gasteiger partial charge in [0.1, 0.15) is 5.56 Å². The molecule has 3 aromatic rings. The summed E-state index contributed by atoms with van der Waals surface area (Å²) < 4.78 is 11.8. The highest BCUT2D eigenvalue weighted by Crippen LogP contribution is 2.15. The SMILES string of the molecule is COc1ncccc1C(=O)NCc1nc(-c2cnn(C)c2)no1. The maximum Gasteiger partial charge on any atom is 0.257 e. The minimum atomic E-state index is -0.337. The average Bonchev–Trinajstić information content (AvgIpc) is 3.21. The molecule has 0 unspecified atom stereocenters. The van der Waals surface area contributed by atoms with E-state index < -0.39 is 0 Å². The molecule has 0 aliphatic heterocycles. The van der Waals surface area contributed by atoms with Crippen molar-refractivity contribution in [3.8, 4) is 17.3 Å². The highest BCUT2D eigenvalue weighted by molar-refractivity contribution is 5.96. The van der Waals surface area contributed by atoms with Crippen molar-refractivity contribution >= 4 is 5.91 Å². The maximum atomic E-state index is 12.1. The van der Waals surface area contributed by atoms with Crippen LogP contribution in [-0.2, 0) is 13.6 Å². The van der Waals surface area contributed by atoms with Gasteiger partial charge in [-0.3, -0.25) is 9.48 Å². The highest BCUT2D eigenvalue weighted by atomic mass is 16.5. The molecule has 0 radical (unpaired) electrons. The van der Waals surface area contributed by atoms with E-state index >= 15 is 0 Å². The molecule has 0 saturated heterocycles. The molecule has 0 aliphatic carbocycles. The van der Waals surface area contributed by atoms with Crippen LogP contribution in [0.25, 0.3) is 11.4 Å². The Morgan fingerprint density at radius 1 is 1.48 bits per heavy atom. The Morgan fingerprint density at radius 3 is 3.09 bits per heavy atom. The Hall–Kier alpha value is -3.23. The summed E-state index contributed by atoms with van der Waals surface area (Å²) in [5.74, 6) is 0.629. The number of methoxy groups -OCH3 is 1. The van der Waals surface area contributed by atoms with Gasteiger partial charge in [0.15, 0.2) is 0 Å². The predicted molar refractivity (Wildman–Crippen MR) is 78.5 cm³/mol. The third-order valence-corrected chi connectivity index (χ3v) is 3.04. The zero-order valence-corrected chi connectivity index (χ0v) is 12.6. The molecule has 0 atom stereocenters. The standard InChI is InChI=1S/C14H14N6O3/c1-20-8-9(6-17-20)12-18-11(23-19-12)7-16-13(21)10-4-3-5-15-14(10)22-2/h3-6,8H,7H2,1-2H3,(H,16,21). The molecule has 23 heavy (non-hydrogen) atoms. The summed E-state index contributed by atoms with van der Waals surface area (Å²) in [5, 5.41) is 10.6. The smallest absolute Gasteiger partial charge is 0.257 e. The first-order valence-electron chi connectivity index (χ1n) is 6.76. The van der Waals surface area contributed by atoms with Gasteiger partial charge in [0.25, 0.3) is 5.91 Å². The molecule has 3 aromatic heterocycles. The monoisotopic (exact) mass is 314 g/mol. The van der Waals surface area contributed by atoms with Crippen molar-refractivity contribution in [1.29, 1.82) is 0 Å². The number of hydrogen-bond acceptors (Lipinski definition) is 7. The van der Waals surface area contributed by atoms with Crippen LogP contribution in [0.5, 0.6) is 5.88 Å². The van der Waals surface area contributed by atoms with Crippen LogP contribution < -0.4 is 10.1 Å². The van der Waals surface area contributed by atoms with Gasteiger partial charge in [-0.15, -0.1) is 0 Å². The van der Waals surface area contributed by atoms with Crippen LogP contribution in [0, 0.1) is 0 Å². The van der Waals surface area contributed by atoms with Crippen LogP contribution in [0.3, 0.4) is 0 Å². The Morgan fingerprint density at radius 2 is 2.35 bits per heavy atom. The minimum Gasteiger partial charge on any atom is -0.480 e. The zero-order chi connectivity index (χ0) is 16.2. The molecular weight excluding hydrogens is 300 g/mol. The van der Waals surface area contributed by atoms with Crippen LogP contribution in [0.4, 0.5) is 0 Å². The van der Waals surface area contributed by atoms with Crippen molar-refractivity contribution in [1.82, 2.24) is 30.2 Å². The van der Waals surface area contributed by atoms with Crippen LogP contribution in [-0.4, -0.2) is 37.9 Å². The molecule has 1 amide bonds. The summed E-state index contributed by atoms with van der Waals surface area (Å²) in [7, 11) is 3.25. The molecule has 0 saturated carbocycles. The van der Waals surface area contributed by atoms with Crippen molar-refractivity contribution in [3.05, 3.63) is 42.2 Å². The van der Waals surface area contributed by atoms with E-state index in [0.29, 0.717) is 17.3 Å². The lowest BCUT2D eigenvalue weighted by Crippen LogP contribution is -2.23. The summed E-state index contributed by atoms with van der Waals surface area (Å²) >= 11 is 0. The van der Waals surface area contributed by atoms with Gasteiger partial charge in [0, 0.05) is 19.4 Å². The Balaban J connectivity index is 1.67. The number of hydrogen-bond donors (Lipinski definition) is 1. The number of aryl methyl sites for hydroxylation is 1. The number of rotatable bonds is 5. The van der Waals surface area contributed by atoms with Gasteiger partial charge in [-0.25, -0.2) is 4.98 Å². The van der Waals surface area contributed by atoms with Crippen LogP contribution in [0.15, 0.2) is 35.2 Å². The molecule has 0 aliphatic rings. The van der Waals surface area contributed by atoms with E-state index in [0.717, 1.165) is 5.56 Å². The van der Waals surface area contributed by atoms with Gasteiger partial charge in [-0.2, -0.15) is 10.1 Å². The third-order valence-electron chi connectivity index (χ3n) is 3.04. The number of amides is 1. The lowest BCUT2D eigenvalue weighted by atomic mass is 10.2. The van der Waals surface area contributed by atoms with Gasteiger partial charge < -0.3 is 14.6 Å². The number of carbonyl (C=O) groups excluding carboxylic acids is 1. The normalized spacial score (nSPS) is 10.5. The van der Waals surface area contributed by atoms with Crippen molar-refractivity contribution in [2.45, 2.75) is 6.54 Å². The average molecular weight is 314 g/mol. The van der Waals surface area contributed by atoms with Gasteiger partial charge >= 0.3 is 0 Å². The van der Waals surface area contributed by atoms with Crippen molar-refractivity contribution < 1.29 is 14.1 Å². The summed E-state index contributed by atoms with van der Waals surface area (Å²) in [5.41, 5.74) is 1.07. The zero-order valence-electron chi connectivity index (χ0n) is 12.6. The second kappa shape index (κ2) is 6.26. The molecule has 1 N–H and O–H groups in total. The van der Waals surface area contributed by atoms with E-state index in [4.69, 9.17) is 9.26 Å². The van der Waals surface area contributed by atoms with Gasteiger partial charge in [-0.05, 0) is 12.1 Å². The fourth-order valence-corrected chi connectivity index (χ4v) is 1.96. The van der Waals surface area contributed by atoms with E-state index in [2.05, 4.69) is 25.5 Å². The predicted octanol–water partition coefficient (Wildman–Crippen LogP) is 0.804. The minimum absolute atomic E-state index is 0.101. The van der Waals surface area contributed by atoms with Crippen molar-refractivity contribution in [2.24, 2.45) is 7.05 Å². The molecule has 9 heteroatoms. The number of carbonyl (C=O) groups is 1.